The highest BCUT2D eigenvalue weighted by molar-refractivity contribution is 5.32. The normalized spacial score (nSPS) is 26.7. The molecule has 88 valence electrons. The van der Waals surface area contributed by atoms with Crippen LogP contribution in [0.5, 0.6) is 5.75 Å². The number of hydrogen-bond donors (Lipinski definition) is 1. The highest BCUT2D eigenvalue weighted by Crippen LogP contribution is 2.32. The fourth-order valence-corrected chi connectivity index (χ4v) is 2.39. The Bertz CT molecular complexity index is 367. The second-order valence-electron chi connectivity index (χ2n) is 4.60. The van der Waals surface area contributed by atoms with Crippen molar-refractivity contribution in [3.8, 4) is 5.75 Å². The summed E-state index contributed by atoms with van der Waals surface area (Å²) in [6.07, 6.45) is 1.86. The summed E-state index contributed by atoms with van der Waals surface area (Å²) in [5.74, 6) is 0.805. The van der Waals surface area contributed by atoms with E-state index in [1.54, 1.807) is 7.11 Å². The number of β-amino-alcohol motifs (C(OH)–C–C–N with tert-alkyl or cyclic N) is 1. The molecule has 0 amide bonds. The van der Waals surface area contributed by atoms with Gasteiger partial charge in [0.1, 0.15) is 11.4 Å². The molecular weight excluding hydrogens is 202 g/mol. The molecule has 1 aliphatic heterocycles. The molecule has 0 bridgehead atoms. The Balaban J connectivity index is 2.27. The van der Waals surface area contributed by atoms with Crippen molar-refractivity contribution in [1.29, 1.82) is 0 Å². The van der Waals surface area contributed by atoms with Crippen LogP contribution >= 0.6 is 0 Å². The molecule has 1 atom stereocenters. The number of ether oxygens (including phenoxy) is 1. The lowest BCUT2D eigenvalue weighted by molar-refractivity contribution is -0.0279. The van der Waals surface area contributed by atoms with E-state index in [-0.39, 0.29) is 0 Å². The fourth-order valence-electron chi connectivity index (χ4n) is 2.39. The molecule has 0 radical (unpaired) electrons. The highest BCUT2D eigenvalue weighted by Gasteiger charge is 2.33. The lowest BCUT2D eigenvalue weighted by Gasteiger charge is -2.37. The summed E-state index contributed by atoms with van der Waals surface area (Å²) in [5.41, 5.74) is 0.236. The molecule has 0 saturated carbocycles. The first-order valence-corrected chi connectivity index (χ1v) is 5.69. The van der Waals surface area contributed by atoms with Gasteiger partial charge in [-0.3, -0.25) is 0 Å². The van der Waals surface area contributed by atoms with Crippen molar-refractivity contribution in [2.45, 2.75) is 18.4 Å². The molecule has 16 heavy (non-hydrogen) atoms. The third kappa shape index (κ3) is 2.20. The van der Waals surface area contributed by atoms with Gasteiger partial charge in [0.25, 0.3) is 0 Å². The summed E-state index contributed by atoms with van der Waals surface area (Å²) in [6, 6.07) is 7.74. The van der Waals surface area contributed by atoms with E-state index in [1.165, 1.54) is 0 Å². The smallest absolute Gasteiger partial charge is 0.119 e. The van der Waals surface area contributed by atoms with Crippen molar-refractivity contribution >= 4 is 0 Å². The molecule has 1 fully saturated rings. The van der Waals surface area contributed by atoms with Crippen molar-refractivity contribution < 1.29 is 9.84 Å². The molecule has 1 N–H and O–H groups in total. The average molecular weight is 221 g/mol. The monoisotopic (exact) mass is 221 g/mol. The first kappa shape index (κ1) is 11.4. The molecule has 1 aliphatic rings. The van der Waals surface area contributed by atoms with Gasteiger partial charge >= 0.3 is 0 Å². The molecule has 1 unspecified atom stereocenters. The minimum Gasteiger partial charge on any atom is -0.497 e. The lowest BCUT2D eigenvalue weighted by atomic mass is 9.86. The zero-order valence-corrected chi connectivity index (χ0v) is 9.94. The predicted octanol–water partition coefficient (Wildman–Crippen LogP) is 1.61. The molecule has 3 nitrogen and oxygen atoms in total. The number of hydrogen-bond acceptors (Lipinski definition) is 3. The largest absolute Gasteiger partial charge is 0.497 e. The van der Waals surface area contributed by atoms with Crippen LogP contribution in [0, 0.1) is 0 Å². The molecule has 2 rings (SSSR count). The van der Waals surface area contributed by atoms with E-state index in [4.69, 9.17) is 4.74 Å². The van der Waals surface area contributed by atoms with Crippen molar-refractivity contribution in [2.24, 2.45) is 0 Å². The number of methoxy groups -OCH3 is 1. The molecule has 1 saturated heterocycles. The van der Waals surface area contributed by atoms with Crippen LogP contribution in [0.4, 0.5) is 0 Å². The first-order valence-electron chi connectivity index (χ1n) is 5.69. The van der Waals surface area contributed by atoms with Crippen LogP contribution in [-0.2, 0) is 5.60 Å². The average Bonchev–Trinajstić information content (AvgIpc) is 2.29. The van der Waals surface area contributed by atoms with Crippen LogP contribution in [-0.4, -0.2) is 37.3 Å². The van der Waals surface area contributed by atoms with E-state index < -0.39 is 5.60 Å². The summed E-state index contributed by atoms with van der Waals surface area (Å²) in [4.78, 5) is 2.17. The summed E-state index contributed by atoms with van der Waals surface area (Å²) in [5, 5.41) is 10.6. The number of rotatable bonds is 2. The van der Waals surface area contributed by atoms with Crippen LogP contribution in [0.1, 0.15) is 18.4 Å². The zero-order chi connectivity index (χ0) is 11.6. The van der Waals surface area contributed by atoms with Gasteiger partial charge in [0.15, 0.2) is 0 Å². The molecule has 0 aromatic heterocycles. The number of benzene rings is 1. The van der Waals surface area contributed by atoms with Gasteiger partial charge in [-0.05, 0) is 44.1 Å². The summed E-state index contributed by atoms with van der Waals surface area (Å²) >= 11 is 0. The van der Waals surface area contributed by atoms with E-state index in [2.05, 4.69) is 4.90 Å². The van der Waals surface area contributed by atoms with Gasteiger partial charge in [0, 0.05) is 6.54 Å². The number of likely N-dealkylation sites (N-methyl/N-ethyl adjacent to an activating group) is 1. The van der Waals surface area contributed by atoms with Crippen molar-refractivity contribution in [3.63, 3.8) is 0 Å². The van der Waals surface area contributed by atoms with Crippen LogP contribution in [0.25, 0.3) is 0 Å². The Kier molecular flexibility index (Phi) is 3.17. The topological polar surface area (TPSA) is 32.7 Å². The van der Waals surface area contributed by atoms with E-state index in [9.17, 15) is 5.11 Å². The van der Waals surface area contributed by atoms with Gasteiger partial charge in [-0.15, -0.1) is 0 Å². The molecule has 1 aromatic rings. The van der Waals surface area contributed by atoms with Crippen molar-refractivity contribution in [2.75, 3.05) is 27.2 Å². The van der Waals surface area contributed by atoms with Crippen LogP contribution < -0.4 is 4.74 Å². The predicted molar refractivity (Wildman–Crippen MR) is 63.6 cm³/mol. The van der Waals surface area contributed by atoms with Gasteiger partial charge in [-0.1, -0.05) is 12.1 Å². The Hall–Kier alpha value is -1.06. The van der Waals surface area contributed by atoms with Gasteiger partial charge in [0.2, 0.25) is 0 Å². The lowest BCUT2D eigenvalue weighted by Crippen LogP contribution is -2.44. The van der Waals surface area contributed by atoms with E-state index in [1.807, 2.05) is 31.3 Å². The third-order valence-electron chi connectivity index (χ3n) is 3.27. The molecule has 0 aliphatic carbocycles. The fraction of sp³-hybridized carbons (Fsp3) is 0.538. The van der Waals surface area contributed by atoms with E-state index in [0.717, 1.165) is 30.7 Å². The van der Waals surface area contributed by atoms with Crippen LogP contribution in [0.15, 0.2) is 24.3 Å². The standard InChI is InChI=1S/C13H19NO2/c1-14-8-4-7-13(15,10-14)11-5-3-6-12(9-11)16-2/h3,5-6,9,15H,4,7-8,10H2,1-2H3. The van der Waals surface area contributed by atoms with Crippen molar-refractivity contribution in [3.05, 3.63) is 29.8 Å². The number of aliphatic hydroxyl groups is 1. The van der Waals surface area contributed by atoms with E-state index in [0.29, 0.717) is 6.54 Å². The number of piperidine rings is 1. The highest BCUT2D eigenvalue weighted by atomic mass is 16.5. The minimum absolute atomic E-state index is 0.695. The Morgan fingerprint density at radius 3 is 2.94 bits per heavy atom. The number of nitrogens with zero attached hydrogens (tertiary/aromatic N) is 1. The molecule has 0 spiro atoms. The maximum Gasteiger partial charge on any atom is 0.119 e. The number of likely N-dealkylation sites (tertiary alicyclic amines) is 1. The van der Waals surface area contributed by atoms with Gasteiger partial charge in [-0.25, -0.2) is 0 Å². The Morgan fingerprint density at radius 1 is 1.44 bits per heavy atom. The molecule has 1 aromatic carbocycles. The maximum atomic E-state index is 10.6. The second-order valence-corrected chi connectivity index (χ2v) is 4.60. The van der Waals surface area contributed by atoms with Crippen LogP contribution in [0.3, 0.4) is 0 Å². The summed E-state index contributed by atoms with van der Waals surface area (Å²) < 4.78 is 5.19. The molecule has 1 heterocycles. The minimum atomic E-state index is -0.721. The second kappa shape index (κ2) is 4.44. The third-order valence-corrected chi connectivity index (χ3v) is 3.27. The zero-order valence-electron chi connectivity index (χ0n) is 9.94. The quantitative estimate of drug-likeness (QED) is 0.823. The maximum absolute atomic E-state index is 10.6. The SMILES string of the molecule is COc1cccc(C2(O)CCCN(C)C2)c1. The Morgan fingerprint density at radius 2 is 2.25 bits per heavy atom. The molecule has 3 heteroatoms. The first-order chi connectivity index (χ1) is 7.64. The van der Waals surface area contributed by atoms with Crippen LogP contribution in [0.2, 0.25) is 0 Å². The van der Waals surface area contributed by atoms with Crippen molar-refractivity contribution in [1.82, 2.24) is 4.90 Å². The van der Waals surface area contributed by atoms with E-state index >= 15 is 0 Å². The van der Waals surface area contributed by atoms with Gasteiger partial charge < -0.3 is 14.7 Å². The van der Waals surface area contributed by atoms with Gasteiger partial charge in [-0.2, -0.15) is 0 Å². The molecular formula is C13H19NO2. The van der Waals surface area contributed by atoms with Gasteiger partial charge in [0.05, 0.1) is 7.11 Å². The summed E-state index contributed by atoms with van der Waals surface area (Å²) in [7, 11) is 3.69. The Labute approximate surface area is 96.6 Å². The summed E-state index contributed by atoms with van der Waals surface area (Å²) in [6.45, 7) is 1.76.